The van der Waals surface area contributed by atoms with Crippen molar-refractivity contribution in [2.75, 3.05) is 13.7 Å². The Morgan fingerprint density at radius 3 is 1.69 bits per heavy atom. The van der Waals surface area contributed by atoms with E-state index in [1.54, 1.807) is 0 Å². The number of aliphatic hydroxyl groups is 1. The summed E-state index contributed by atoms with van der Waals surface area (Å²) in [5.41, 5.74) is 2.86. The maximum Gasteiger partial charge on any atom is 0.361 e. The fraction of sp³-hybridized carbons (Fsp3) is 0.333. The molecule has 0 aromatic heterocycles. The normalized spacial score (nSPS) is 26.5. The number of ether oxygens (including phenoxy) is 3. The average Bonchev–Trinajstić information content (AvgIpc) is 2.91. The Balaban J connectivity index is 1.53. The lowest BCUT2D eigenvalue weighted by Gasteiger charge is -2.43. The summed E-state index contributed by atoms with van der Waals surface area (Å²) in [5, 5.41) is 11.0. The molecule has 1 heterocycles. The summed E-state index contributed by atoms with van der Waals surface area (Å²) < 4.78 is 42.6. The van der Waals surface area contributed by atoms with Crippen LogP contribution in [0.5, 0.6) is 0 Å². The summed E-state index contributed by atoms with van der Waals surface area (Å²) in [4.78, 5) is 0. The highest BCUT2D eigenvalue weighted by Gasteiger charge is 2.54. The Hall–Kier alpha value is -2.35. The van der Waals surface area contributed by atoms with E-state index in [2.05, 4.69) is 0 Å². The minimum atomic E-state index is -3.89. The van der Waals surface area contributed by atoms with Crippen LogP contribution in [0.15, 0.2) is 91.0 Å². The molecule has 0 amide bonds. The van der Waals surface area contributed by atoms with Crippen LogP contribution >= 0.6 is 7.60 Å². The van der Waals surface area contributed by atoms with E-state index in [1.165, 1.54) is 7.11 Å². The van der Waals surface area contributed by atoms with Crippen molar-refractivity contribution in [3.05, 3.63) is 108 Å². The highest BCUT2D eigenvalue weighted by Crippen LogP contribution is 2.58. The first-order chi connectivity index (χ1) is 17.1. The third-order valence-corrected chi connectivity index (χ3v) is 7.82. The second-order valence-corrected chi connectivity index (χ2v) is 10.5. The lowest BCUT2D eigenvalue weighted by atomic mass is 10.1. The molecule has 8 heteroatoms. The molecule has 0 radical (unpaired) electrons. The van der Waals surface area contributed by atoms with Gasteiger partial charge in [-0.3, -0.25) is 9.09 Å². The van der Waals surface area contributed by atoms with Gasteiger partial charge in [-0.15, -0.1) is 0 Å². The first-order valence-corrected chi connectivity index (χ1v) is 13.1. The third-order valence-electron chi connectivity index (χ3n) is 5.81. The molecule has 3 aromatic carbocycles. The zero-order valence-corrected chi connectivity index (χ0v) is 20.5. The fourth-order valence-electron chi connectivity index (χ4n) is 3.93. The van der Waals surface area contributed by atoms with Crippen LogP contribution in [0, 0.1) is 0 Å². The SMILES string of the molecule is CO[P@]1(=O)O[C@H](COCc2ccccc2)[C@@H](OCc2ccccc2)[C@H](OCc2ccccc2)[C@H]1O. The van der Waals surface area contributed by atoms with Crippen molar-refractivity contribution in [3.8, 4) is 0 Å². The van der Waals surface area contributed by atoms with Gasteiger partial charge in [-0.05, 0) is 16.7 Å². The molecule has 7 nitrogen and oxygen atoms in total. The maximum absolute atomic E-state index is 13.3. The molecule has 0 spiro atoms. The largest absolute Gasteiger partial charge is 0.378 e. The average molecular weight is 499 g/mol. The van der Waals surface area contributed by atoms with Gasteiger partial charge in [0.15, 0.2) is 5.85 Å². The summed E-state index contributed by atoms with van der Waals surface area (Å²) in [5.74, 6) is -1.51. The van der Waals surface area contributed by atoms with Gasteiger partial charge in [0, 0.05) is 7.11 Å². The minimum Gasteiger partial charge on any atom is -0.378 e. The van der Waals surface area contributed by atoms with Crippen molar-refractivity contribution in [1.82, 2.24) is 0 Å². The molecule has 1 aliphatic heterocycles. The van der Waals surface area contributed by atoms with Gasteiger partial charge in [0.1, 0.15) is 18.3 Å². The Morgan fingerprint density at radius 1 is 0.743 bits per heavy atom. The summed E-state index contributed by atoms with van der Waals surface area (Å²) in [7, 11) is -2.64. The van der Waals surface area contributed by atoms with E-state index >= 15 is 0 Å². The maximum atomic E-state index is 13.3. The van der Waals surface area contributed by atoms with Crippen LogP contribution in [-0.2, 0) is 47.6 Å². The van der Waals surface area contributed by atoms with E-state index in [-0.39, 0.29) is 19.8 Å². The molecule has 1 fully saturated rings. The van der Waals surface area contributed by atoms with E-state index in [9.17, 15) is 9.67 Å². The number of hydrogen-bond donors (Lipinski definition) is 1. The third kappa shape index (κ3) is 6.87. The molecule has 1 N–H and O–H groups in total. The van der Waals surface area contributed by atoms with Crippen LogP contribution in [0.4, 0.5) is 0 Å². The van der Waals surface area contributed by atoms with Crippen LogP contribution in [0.3, 0.4) is 0 Å². The van der Waals surface area contributed by atoms with Crippen molar-refractivity contribution in [3.63, 3.8) is 0 Å². The molecular weight excluding hydrogens is 467 g/mol. The molecule has 5 atom stereocenters. The standard InChI is InChI=1S/C27H31O7P/c1-30-35(29)27(28)26(33-19-23-15-9-4-10-16-23)25(32-18-22-13-7-3-8-14-22)24(34-35)20-31-17-21-11-5-2-6-12-21/h2-16,24-28H,17-20H2,1H3/t24-,25-,26+,27+,35+/m1/s1. The van der Waals surface area contributed by atoms with Gasteiger partial charge in [-0.2, -0.15) is 0 Å². The minimum absolute atomic E-state index is 0.0830. The highest BCUT2D eigenvalue weighted by atomic mass is 31.2. The van der Waals surface area contributed by atoms with Gasteiger partial charge >= 0.3 is 7.60 Å². The van der Waals surface area contributed by atoms with Gasteiger partial charge in [0.25, 0.3) is 0 Å². The number of hydrogen-bond acceptors (Lipinski definition) is 7. The summed E-state index contributed by atoms with van der Waals surface area (Å²) in [6, 6.07) is 29.0. The van der Waals surface area contributed by atoms with E-state index in [0.29, 0.717) is 6.61 Å². The highest BCUT2D eigenvalue weighted by molar-refractivity contribution is 7.54. The van der Waals surface area contributed by atoms with Gasteiger partial charge in [-0.1, -0.05) is 91.0 Å². The summed E-state index contributed by atoms with van der Waals surface area (Å²) in [6.45, 7) is 0.898. The second-order valence-electron chi connectivity index (χ2n) is 8.30. The van der Waals surface area contributed by atoms with Crippen molar-refractivity contribution >= 4 is 7.60 Å². The molecule has 186 valence electrons. The molecule has 0 bridgehead atoms. The zero-order valence-electron chi connectivity index (χ0n) is 19.6. The number of aliphatic hydroxyl groups excluding tert-OH is 1. The smallest absolute Gasteiger partial charge is 0.361 e. The lowest BCUT2D eigenvalue weighted by Crippen LogP contribution is -2.54. The van der Waals surface area contributed by atoms with Crippen molar-refractivity contribution < 1.29 is 32.9 Å². The molecule has 0 saturated carbocycles. The number of benzene rings is 3. The van der Waals surface area contributed by atoms with Gasteiger partial charge in [-0.25, -0.2) is 0 Å². The molecule has 0 unspecified atom stereocenters. The van der Waals surface area contributed by atoms with Crippen LogP contribution < -0.4 is 0 Å². The zero-order chi connectivity index (χ0) is 24.5. The Morgan fingerprint density at radius 2 is 1.20 bits per heavy atom. The number of rotatable bonds is 11. The summed E-state index contributed by atoms with van der Waals surface area (Å²) in [6.07, 6.45) is -2.48. The topological polar surface area (TPSA) is 83.5 Å². The monoisotopic (exact) mass is 498 g/mol. The summed E-state index contributed by atoms with van der Waals surface area (Å²) >= 11 is 0. The van der Waals surface area contributed by atoms with E-state index in [4.69, 9.17) is 23.3 Å². The molecule has 1 aliphatic rings. The van der Waals surface area contributed by atoms with E-state index in [0.717, 1.165) is 16.7 Å². The predicted molar refractivity (Wildman–Crippen MR) is 132 cm³/mol. The molecular formula is C27H31O7P. The van der Waals surface area contributed by atoms with Crippen molar-refractivity contribution in [2.45, 2.75) is 44.0 Å². The fourth-order valence-corrected chi connectivity index (χ4v) is 5.53. The van der Waals surface area contributed by atoms with E-state index in [1.807, 2.05) is 91.0 Å². The van der Waals surface area contributed by atoms with Gasteiger partial charge in [0.2, 0.25) is 0 Å². The lowest BCUT2D eigenvalue weighted by molar-refractivity contribution is -0.180. The van der Waals surface area contributed by atoms with Crippen LogP contribution in [0.25, 0.3) is 0 Å². The van der Waals surface area contributed by atoms with E-state index < -0.39 is 31.8 Å². The predicted octanol–water partition coefficient (Wildman–Crippen LogP) is 4.93. The van der Waals surface area contributed by atoms with Gasteiger partial charge < -0.3 is 23.8 Å². The molecule has 1 saturated heterocycles. The first kappa shape index (κ1) is 25.7. The Kier molecular flexibility index (Phi) is 9.24. The second kappa shape index (κ2) is 12.6. The van der Waals surface area contributed by atoms with Crippen LogP contribution in [-0.4, -0.2) is 43.0 Å². The molecule has 35 heavy (non-hydrogen) atoms. The van der Waals surface area contributed by atoms with Crippen LogP contribution in [0.2, 0.25) is 0 Å². The molecule has 4 rings (SSSR count). The van der Waals surface area contributed by atoms with Crippen LogP contribution in [0.1, 0.15) is 16.7 Å². The Bertz CT molecular complexity index is 1060. The van der Waals surface area contributed by atoms with Gasteiger partial charge in [0.05, 0.1) is 26.4 Å². The molecule has 3 aromatic rings. The quantitative estimate of drug-likeness (QED) is 0.375. The first-order valence-electron chi connectivity index (χ1n) is 11.5. The molecule has 0 aliphatic carbocycles. The van der Waals surface area contributed by atoms with Crippen molar-refractivity contribution in [1.29, 1.82) is 0 Å². The van der Waals surface area contributed by atoms with Crippen molar-refractivity contribution in [2.24, 2.45) is 0 Å². The Labute approximate surface area is 206 Å².